The Kier molecular flexibility index (Phi) is 4.75. The van der Waals surface area contributed by atoms with Crippen LogP contribution < -0.4 is 20.3 Å². The first-order valence-electron chi connectivity index (χ1n) is 9.37. The molecule has 0 atom stereocenters. The molecule has 0 saturated carbocycles. The van der Waals surface area contributed by atoms with Gasteiger partial charge in [0.05, 0.1) is 17.3 Å². The normalized spacial score (nSPS) is 12.7. The number of rotatable bonds is 4. The van der Waals surface area contributed by atoms with Gasteiger partial charge in [-0.1, -0.05) is 41.1 Å². The lowest BCUT2D eigenvalue weighted by Gasteiger charge is -2.20. The molecule has 0 spiro atoms. The molecular weight excluding hydrogens is 424 g/mol. The maximum Gasteiger partial charge on any atom is 0.291 e. The number of halogens is 1. The fourth-order valence-corrected chi connectivity index (χ4v) is 3.43. The van der Waals surface area contributed by atoms with Crippen LogP contribution in [0.4, 0.5) is 5.69 Å². The Labute approximate surface area is 179 Å². The van der Waals surface area contributed by atoms with Gasteiger partial charge in [0.2, 0.25) is 5.82 Å². The van der Waals surface area contributed by atoms with Gasteiger partial charge >= 0.3 is 0 Å². The van der Waals surface area contributed by atoms with Crippen LogP contribution in [0.15, 0.2) is 47.3 Å². The molecule has 1 amide bonds. The summed E-state index contributed by atoms with van der Waals surface area (Å²) in [6, 6.07) is 12.3. The van der Waals surface area contributed by atoms with Crippen molar-refractivity contribution < 1.29 is 14.3 Å². The molecular formula is C20H15ClN6O4. The van der Waals surface area contributed by atoms with Crippen molar-refractivity contribution in [2.45, 2.75) is 6.54 Å². The lowest BCUT2D eigenvalue weighted by atomic mass is 10.1. The molecule has 156 valence electrons. The van der Waals surface area contributed by atoms with Crippen molar-refractivity contribution in [3.8, 4) is 11.5 Å². The van der Waals surface area contributed by atoms with Crippen molar-refractivity contribution in [1.82, 2.24) is 25.0 Å². The summed E-state index contributed by atoms with van der Waals surface area (Å²) in [5.74, 6) is 0.446. The highest BCUT2D eigenvalue weighted by Gasteiger charge is 2.20. The van der Waals surface area contributed by atoms with E-state index < -0.39 is 11.5 Å². The maximum atomic E-state index is 12.7. The third kappa shape index (κ3) is 3.57. The minimum absolute atomic E-state index is 0.0243. The Morgan fingerprint density at radius 3 is 2.87 bits per heavy atom. The summed E-state index contributed by atoms with van der Waals surface area (Å²) in [5, 5.41) is 10.9. The van der Waals surface area contributed by atoms with Crippen LogP contribution in [0.1, 0.15) is 16.2 Å². The zero-order valence-electron chi connectivity index (χ0n) is 16.0. The van der Waals surface area contributed by atoms with E-state index >= 15 is 0 Å². The van der Waals surface area contributed by atoms with E-state index in [9.17, 15) is 9.59 Å². The van der Waals surface area contributed by atoms with Gasteiger partial charge in [-0.15, -0.1) is 5.10 Å². The van der Waals surface area contributed by atoms with Crippen LogP contribution in [0.25, 0.3) is 11.2 Å². The topological polar surface area (TPSA) is 124 Å². The monoisotopic (exact) mass is 438 g/mol. The van der Waals surface area contributed by atoms with Gasteiger partial charge in [0.25, 0.3) is 11.5 Å². The van der Waals surface area contributed by atoms with Crippen LogP contribution >= 0.6 is 11.6 Å². The highest BCUT2D eigenvalue weighted by molar-refractivity contribution is 6.33. The van der Waals surface area contributed by atoms with Crippen molar-refractivity contribution in [2.75, 3.05) is 18.5 Å². The van der Waals surface area contributed by atoms with E-state index in [-0.39, 0.29) is 23.5 Å². The fraction of sp³-hybridized carbons (Fsp3) is 0.150. The molecule has 2 N–H and O–H groups in total. The molecule has 0 saturated heterocycles. The first-order chi connectivity index (χ1) is 15.1. The first kappa shape index (κ1) is 19.1. The minimum atomic E-state index is -0.617. The Morgan fingerprint density at radius 1 is 1.16 bits per heavy atom. The number of carbonyl (C=O) groups is 1. The SMILES string of the molecule is O=C(Nc1ccccc1Cl)c1nc2c(nnn2Cc2cccc3c2OCCO3)c(=O)[nH]1. The number of fused-ring (bicyclic) bond motifs is 2. The molecule has 1 aliphatic rings. The quantitative estimate of drug-likeness (QED) is 0.500. The third-order valence-electron chi connectivity index (χ3n) is 4.68. The van der Waals surface area contributed by atoms with Crippen molar-refractivity contribution in [3.05, 3.63) is 69.2 Å². The number of anilines is 1. The second-order valence-corrected chi connectivity index (χ2v) is 7.12. The molecule has 2 aromatic heterocycles. The van der Waals surface area contributed by atoms with Gasteiger partial charge in [0, 0.05) is 5.56 Å². The summed E-state index contributed by atoms with van der Waals surface area (Å²) < 4.78 is 12.8. The van der Waals surface area contributed by atoms with E-state index in [1.54, 1.807) is 24.3 Å². The Balaban J connectivity index is 1.50. The van der Waals surface area contributed by atoms with E-state index in [4.69, 9.17) is 21.1 Å². The van der Waals surface area contributed by atoms with Crippen molar-refractivity contribution in [3.63, 3.8) is 0 Å². The molecule has 31 heavy (non-hydrogen) atoms. The number of aromatic amines is 1. The zero-order chi connectivity index (χ0) is 21.4. The van der Waals surface area contributed by atoms with Crippen LogP contribution in [0, 0.1) is 0 Å². The second-order valence-electron chi connectivity index (χ2n) is 6.71. The summed E-state index contributed by atoms with van der Waals surface area (Å²) in [6.45, 7) is 1.14. The molecule has 1 aliphatic heterocycles. The fourth-order valence-electron chi connectivity index (χ4n) is 3.24. The highest BCUT2D eigenvalue weighted by atomic mass is 35.5. The van der Waals surface area contributed by atoms with Gasteiger partial charge < -0.3 is 19.8 Å². The molecule has 0 aliphatic carbocycles. The maximum absolute atomic E-state index is 12.7. The molecule has 3 heterocycles. The largest absolute Gasteiger partial charge is 0.486 e. The molecule has 5 rings (SSSR count). The number of para-hydroxylation sites is 2. The summed E-state index contributed by atoms with van der Waals surface area (Å²) in [5.41, 5.74) is 0.804. The average Bonchev–Trinajstić information content (AvgIpc) is 3.19. The summed E-state index contributed by atoms with van der Waals surface area (Å²) in [6.07, 6.45) is 0. The van der Waals surface area contributed by atoms with Crippen LogP contribution in [0.3, 0.4) is 0 Å². The standard InChI is InChI=1S/C20H15ClN6O4/c21-12-5-1-2-6-13(12)22-20(29)17-23-18-15(19(28)24-17)25-26-27(18)10-11-4-3-7-14-16(11)31-9-8-30-14/h1-7H,8-10H2,(H,22,29)(H,23,24,28). The number of H-pyrrole nitrogens is 1. The predicted octanol–water partition coefficient (Wildman–Crippen LogP) is 2.24. The molecule has 0 bridgehead atoms. The number of amides is 1. The molecule has 10 nitrogen and oxygen atoms in total. The molecule has 0 radical (unpaired) electrons. The number of nitrogens with one attached hydrogen (secondary N) is 2. The first-order valence-corrected chi connectivity index (χ1v) is 9.75. The molecule has 2 aromatic carbocycles. The predicted molar refractivity (Wildman–Crippen MR) is 112 cm³/mol. The summed E-state index contributed by atoms with van der Waals surface area (Å²) >= 11 is 6.08. The number of hydrogen-bond acceptors (Lipinski definition) is 7. The van der Waals surface area contributed by atoms with Crippen molar-refractivity contribution in [1.29, 1.82) is 0 Å². The Bertz CT molecular complexity index is 1370. The van der Waals surface area contributed by atoms with Gasteiger partial charge in [-0.25, -0.2) is 9.67 Å². The lowest BCUT2D eigenvalue weighted by Crippen LogP contribution is -2.22. The summed E-state index contributed by atoms with van der Waals surface area (Å²) in [4.78, 5) is 31.8. The summed E-state index contributed by atoms with van der Waals surface area (Å²) in [7, 11) is 0. The van der Waals surface area contributed by atoms with E-state index in [0.717, 1.165) is 5.56 Å². The minimum Gasteiger partial charge on any atom is -0.486 e. The van der Waals surface area contributed by atoms with Crippen molar-refractivity contribution in [2.24, 2.45) is 0 Å². The number of nitrogens with zero attached hydrogens (tertiary/aromatic N) is 4. The van der Waals surface area contributed by atoms with Crippen LogP contribution in [0.5, 0.6) is 11.5 Å². The Morgan fingerprint density at radius 2 is 2.00 bits per heavy atom. The zero-order valence-corrected chi connectivity index (χ0v) is 16.7. The molecule has 0 unspecified atom stereocenters. The van der Waals surface area contributed by atoms with E-state index in [0.29, 0.717) is 35.4 Å². The van der Waals surface area contributed by atoms with Gasteiger partial charge in [-0.05, 0) is 18.2 Å². The molecule has 11 heteroatoms. The number of ether oxygens (including phenoxy) is 2. The van der Waals surface area contributed by atoms with E-state index in [1.807, 2.05) is 18.2 Å². The second kappa shape index (κ2) is 7.73. The average molecular weight is 439 g/mol. The van der Waals surface area contributed by atoms with Crippen LogP contribution in [-0.2, 0) is 6.54 Å². The lowest BCUT2D eigenvalue weighted by molar-refractivity contribution is 0.101. The van der Waals surface area contributed by atoms with Crippen LogP contribution in [-0.4, -0.2) is 44.1 Å². The van der Waals surface area contributed by atoms with Gasteiger partial charge in [0.1, 0.15) is 13.2 Å². The van der Waals surface area contributed by atoms with E-state index in [1.165, 1.54) is 4.68 Å². The van der Waals surface area contributed by atoms with Gasteiger partial charge in [-0.2, -0.15) is 0 Å². The Hall–Kier alpha value is -3.92. The smallest absolute Gasteiger partial charge is 0.291 e. The van der Waals surface area contributed by atoms with Crippen LogP contribution in [0.2, 0.25) is 5.02 Å². The number of aromatic nitrogens is 5. The van der Waals surface area contributed by atoms with Gasteiger partial charge in [0.15, 0.2) is 22.7 Å². The third-order valence-corrected chi connectivity index (χ3v) is 5.01. The van der Waals surface area contributed by atoms with Gasteiger partial charge in [-0.3, -0.25) is 9.59 Å². The number of hydrogen-bond donors (Lipinski definition) is 2. The van der Waals surface area contributed by atoms with Crippen molar-refractivity contribution >= 4 is 34.4 Å². The number of carbonyl (C=O) groups excluding carboxylic acids is 1. The molecule has 0 fully saturated rings. The highest BCUT2D eigenvalue weighted by Crippen LogP contribution is 2.34. The number of benzene rings is 2. The molecule has 4 aromatic rings. The van der Waals surface area contributed by atoms with E-state index in [2.05, 4.69) is 25.6 Å².